The van der Waals surface area contributed by atoms with Crippen LogP contribution in [0.15, 0.2) is 18.3 Å². The zero-order valence-corrected chi connectivity index (χ0v) is 10.2. The van der Waals surface area contributed by atoms with E-state index in [4.69, 9.17) is 6.42 Å². The van der Waals surface area contributed by atoms with E-state index in [0.29, 0.717) is 6.54 Å². The van der Waals surface area contributed by atoms with E-state index in [-0.39, 0.29) is 18.5 Å². The number of hydrogen-bond donors (Lipinski definition) is 2. The summed E-state index contributed by atoms with van der Waals surface area (Å²) in [6.45, 7) is 4.61. The summed E-state index contributed by atoms with van der Waals surface area (Å²) in [5, 5.41) is 5.73. The molecule has 1 aromatic rings. The maximum atomic E-state index is 11.5. The molecule has 0 aromatic carbocycles. The molecule has 0 saturated carbocycles. The largest absolute Gasteiger partial charge is 0.344 e. The number of carbonyl (C=O) groups is 1. The molecule has 4 heteroatoms. The Bertz CT molecular complexity index is 406. The van der Waals surface area contributed by atoms with E-state index in [1.165, 1.54) is 0 Å². The van der Waals surface area contributed by atoms with Crippen LogP contribution < -0.4 is 10.6 Å². The molecule has 1 aromatic heterocycles. The van der Waals surface area contributed by atoms with Gasteiger partial charge >= 0.3 is 0 Å². The summed E-state index contributed by atoms with van der Waals surface area (Å²) < 4.78 is 0. The molecule has 0 fully saturated rings. The third-order valence-electron chi connectivity index (χ3n) is 2.34. The summed E-state index contributed by atoms with van der Waals surface area (Å²) in [5.41, 5.74) is 2.03. The van der Waals surface area contributed by atoms with Gasteiger partial charge in [0.2, 0.25) is 5.91 Å². The third kappa shape index (κ3) is 4.66. The lowest BCUT2D eigenvalue weighted by atomic mass is 10.2. The molecule has 4 nitrogen and oxygen atoms in total. The highest BCUT2D eigenvalue weighted by atomic mass is 16.2. The summed E-state index contributed by atoms with van der Waals surface area (Å²) in [4.78, 5) is 15.7. The Labute approximate surface area is 102 Å². The highest BCUT2D eigenvalue weighted by molar-refractivity contribution is 5.81. The lowest BCUT2D eigenvalue weighted by Gasteiger charge is -2.12. The quantitative estimate of drug-likeness (QED) is 0.730. The Kier molecular flexibility index (Phi) is 5.18. The van der Waals surface area contributed by atoms with Gasteiger partial charge in [-0.25, -0.2) is 0 Å². The highest BCUT2D eigenvalue weighted by Crippen LogP contribution is 1.99. The molecule has 0 spiro atoms. The van der Waals surface area contributed by atoms with E-state index < -0.39 is 0 Å². The number of aromatic nitrogens is 1. The number of terminal acetylenes is 1. The molecule has 1 atom stereocenters. The monoisotopic (exact) mass is 231 g/mol. The van der Waals surface area contributed by atoms with Gasteiger partial charge < -0.3 is 10.6 Å². The van der Waals surface area contributed by atoms with Crippen molar-refractivity contribution in [3.63, 3.8) is 0 Å². The first kappa shape index (κ1) is 13.2. The van der Waals surface area contributed by atoms with Crippen molar-refractivity contribution in [3.05, 3.63) is 29.6 Å². The Morgan fingerprint density at radius 1 is 1.59 bits per heavy atom. The van der Waals surface area contributed by atoms with Gasteiger partial charge in [0.1, 0.15) is 0 Å². The third-order valence-corrected chi connectivity index (χ3v) is 2.34. The fourth-order valence-corrected chi connectivity index (χ4v) is 1.26. The molecule has 0 saturated heterocycles. The Morgan fingerprint density at radius 3 is 2.94 bits per heavy atom. The molecule has 0 aliphatic carbocycles. The minimum atomic E-state index is -0.273. The normalized spacial score (nSPS) is 11.6. The van der Waals surface area contributed by atoms with Gasteiger partial charge in [0.15, 0.2) is 0 Å². The molecule has 1 rings (SSSR count). The van der Waals surface area contributed by atoms with E-state index in [2.05, 4.69) is 21.5 Å². The van der Waals surface area contributed by atoms with Crippen molar-refractivity contribution in [1.29, 1.82) is 0 Å². The van der Waals surface area contributed by atoms with Crippen LogP contribution in [-0.2, 0) is 11.3 Å². The zero-order valence-electron chi connectivity index (χ0n) is 10.2. The van der Waals surface area contributed by atoms with E-state index in [1.807, 2.05) is 19.1 Å². The molecule has 1 amide bonds. The number of nitrogens with one attached hydrogen (secondary N) is 2. The van der Waals surface area contributed by atoms with Crippen LogP contribution in [0.5, 0.6) is 0 Å². The van der Waals surface area contributed by atoms with Crippen LogP contribution in [0.3, 0.4) is 0 Å². The van der Waals surface area contributed by atoms with Crippen molar-refractivity contribution in [2.24, 2.45) is 0 Å². The lowest BCUT2D eigenvalue weighted by molar-refractivity contribution is -0.122. The number of nitrogens with zero attached hydrogens (tertiary/aromatic N) is 1. The Hall–Kier alpha value is -1.86. The molecule has 0 bridgehead atoms. The molecule has 0 aliphatic rings. The van der Waals surface area contributed by atoms with E-state index in [0.717, 1.165) is 11.3 Å². The van der Waals surface area contributed by atoms with Crippen LogP contribution in [0.4, 0.5) is 0 Å². The van der Waals surface area contributed by atoms with Crippen LogP contribution in [0.1, 0.15) is 18.2 Å². The van der Waals surface area contributed by atoms with Gasteiger partial charge in [-0.2, -0.15) is 0 Å². The topological polar surface area (TPSA) is 54.0 Å². The summed E-state index contributed by atoms with van der Waals surface area (Å²) in [6.07, 6.45) is 6.86. The summed E-state index contributed by atoms with van der Waals surface area (Å²) in [6, 6.07) is 3.66. The molecule has 90 valence electrons. The second-order valence-electron chi connectivity index (χ2n) is 3.83. The van der Waals surface area contributed by atoms with E-state index in [1.54, 1.807) is 13.1 Å². The predicted octanol–water partition coefficient (Wildman–Crippen LogP) is 0.618. The average Bonchev–Trinajstić information content (AvgIpc) is 2.34. The van der Waals surface area contributed by atoms with Crippen molar-refractivity contribution >= 4 is 5.91 Å². The molecule has 0 radical (unpaired) electrons. The number of rotatable bonds is 5. The minimum Gasteiger partial charge on any atom is -0.344 e. The van der Waals surface area contributed by atoms with Crippen molar-refractivity contribution in [2.45, 2.75) is 26.4 Å². The van der Waals surface area contributed by atoms with Gasteiger partial charge in [-0.05, 0) is 25.5 Å². The number of pyridine rings is 1. The first-order chi connectivity index (χ1) is 8.13. The van der Waals surface area contributed by atoms with Crippen LogP contribution in [0, 0.1) is 19.3 Å². The number of hydrogen-bond acceptors (Lipinski definition) is 3. The fourth-order valence-electron chi connectivity index (χ4n) is 1.26. The highest BCUT2D eigenvalue weighted by Gasteiger charge is 2.10. The second-order valence-corrected chi connectivity index (χ2v) is 3.83. The van der Waals surface area contributed by atoms with Gasteiger partial charge in [-0.1, -0.05) is 12.0 Å². The van der Waals surface area contributed by atoms with Crippen LogP contribution in [0.25, 0.3) is 0 Å². The molecular formula is C13H17N3O. The number of aryl methyl sites for hydroxylation is 1. The molecule has 0 aliphatic heterocycles. The summed E-state index contributed by atoms with van der Waals surface area (Å²) in [7, 11) is 0. The lowest BCUT2D eigenvalue weighted by Crippen LogP contribution is -2.41. The second kappa shape index (κ2) is 6.66. The molecule has 1 heterocycles. The van der Waals surface area contributed by atoms with Crippen molar-refractivity contribution < 1.29 is 4.79 Å². The molecule has 17 heavy (non-hydrogen) atoms. The molecular weight excluding hydrogens is 214 g/mol. The van der Waals surface area contributed by atoms with Crippen LogP contribution >= 0.6 is 0 Å². The standard InChI is InChI=1S/C13H17N3O/c1-4-7-14-13(17)11(3)16-9-12-6-5-10(2)15-8-12/h1,5-6,8,11,16H,7,9H2,2-3H3,(H,14,17). The Balaban J connectivity index is 2.37. The first-order valence-corrected chi connectivity index (χ1v) is 5.49. The number of carbonyl (C=O) groups excluding carboxylic acids is 1. The molecule has 1 unspecified atom stereocenters. The maximum Gasteiger partial charge on any atom is 0.237 e. The van der Waals surface area contributed by atoms with Gasteiger partial charge in [0.05, 0.1) is 12.6 Å². The van der Waals surface area contributed by atoms with Crippen molar-refractivity contribution in [3.8, 4) is 12.3 Å². The van der Waals surface area contributed by atoms with Crippen molar-refractivity contribution in [1.82, 2.24) is 15.6 Å². The summed E-state index contributed by atoms with van der Waals surface area (Å²) >= 11 is 0. The number of amides is 1. The smallest absolute Gasteiger partial charge is 0.237 e. The van der Waals surface area contributed by atoms with Crippen molar-refractivity contribution in [2.75, 3.05) is 6.54 Å². The van der Waals surface area contributed by atoms with E-state index in [9.17, 15) is 4.79 Å². The Morgan fingerprint density at radius 2 is 2.35 bits per heavy atom. The minimum absolute atomic E-state index is 0.0944. The van der Waals surface area contributed by atoms with Gasteiger partial charge in [0, 0.05) is 18.4 Å². The fraction of sp³-hybridized carbons (Fsp3) is 0.385. The van der Waals surface area contributed by atoms with E-state index >= 15 is 0 Å². The average molecular weight is 231 g/mol. The van der Waals surface area contributed by atoms with Crippen LogP contribution in [0.2, 0.25) is 0 Å². The summed E-state index contributed by atoms with van der Waals surface area (Å²) in [5.74, 6) is 2.27. The van der Waals surface area contributed by atoms with Gasteiger partial charge in [-0.3, -0.25) is 9.78 Å². The molecule has 2 N–H and O–H groups in total. The maximum absolute atomic E-state index is 11.5. The van der Waals surface area contributed by atoms with Gasteiger partial charge in [-0.15, -0.1) is 6.42 Å². The predicted molar refractivity (Wildman–Crippen MR) is 67.1 cm³/mol. The SMILES string of the molecule is C#CCNC(=O)C(C)NCc1ccc(C)nc1. The zero-order chi connectivity index (χ0) is 12.7. The van der Waals surface area contributed by atoms with Crippen LogP contribution in [-0.4, -0.2) is 23.5 Å². The van der Waals surface area contributed by atoms with Gasteiger partial charge in [0.25, 0.3) is 0 Å². The first-order valence-electron chi connectivity index (χ1n) is 5.49.